The van der Waals surface area contributed by atoms with Crippen LogP contribution in [-0.2, 0) is 14.8 Å². The second-order valence-corrected chi connectivity index (χ2v) is 7.71. The van der Waals surface area contributed by atoms with Crippen LogP contribution >= 0.6 is 11.3 Å². The van der Waals surface area contributed by atoms with Crippen molar-refractivity contribution < 1.29 is 17.9 Å². The normalized spacial score (nSPS) is 17.8. The maximum absolute atomic E-state index is 12.5. The van der Waals surface area contributed by atoms with Crippen LogP contribution in [0.2, 0.25) is 0 Å². The van der Waals surface area contributed by atoms with Gasteiger partial charge in [-0.2, -0.15) is 0 Å². The minimum absolute atomic E-state index is 0.0317. The van der Waals surface area contributed by atoms with Crippen LogP contribution in [0.1, 0.15) is 35.4 Å². The lowest BCUT2D eigenvalue weighted by Gasteiger charge is -2.22. The number of ether oxygens (including phenoxy) is 1. The number of rotatable bonds is 6. The van der Waals surface area contributed by atoms with Gasteiger partial charge in [-0.3, -0.25) is 0 Å². The van der Waals surface area contributed by atoms with E-state index in [4.69, 9.17) is 5.73 Å². The molecule has 8 heteroatoms. The van der Waals surface area contributed by atoms with Gasteiger partial charge in [0.15, 0.2) is 0 Å². The van der Waals surface area contributed by atoms with Crippen LogP contribution in [0.15, 0.2) is 16.3 Å². The van der Waals surface area contributed by atoms with Gasteiger partial charge < -0.3 is 10.5 Å². The molecule has 1 unspecified atom stereocenters. The lowest BCUT2D eigenvalue weighted by atomic mass is 9.99. The first-order valence-electron chi connectivity index (χ1n) is 6.87. The molecule has 0 spiro atoms. The quantitative estimate of drug-likeness (QED) is 0.766. The van der Waals surface area contributed by atoms with Gasteiger partial charge in [0.25, 0.3) is 0 Å². The van der Waals surface area contributed by atoms with Crippen molar-refractivity contribution in [2.75, 3.05) is 13.7 Å². The Morgan fingerprint density at radius 2 is 2.19 bits per heavy atom. The highest BCUT2D eigenvalue weighted by atomic mass is 32.2. The molecule has 0 aromatic carbocycles. The number of sulfonamides is 1. The molecule has 118 valence electrons. The van der Waals surface area contributed by atoms with Gasteiger partial charge >= 0.3 is 5.97 Å². The summed E-state index contributed by atoms with van der Waals surface area (Å²) in [7, 11) is -2.54. The number of carbonyl (C=O) groups excluding carboxylic acids is 1. The molecule has 0 radical (unpaired) electrons. The molecule has 1 aromatic rings. The number of esters is 1. The molecule has 1 aliphatic carbocycles. The summed E-state index contributed by atoms with van der Waals surface area (Å²) in [5, 5.41) is 1.56. The van der Waals surface area contributed by atoms with Crippen molar-refractivity contribution in [3.63, 3.8) is 0 Å². The summed E-state index contributed by atoms with van der Waals surface area (Å²) in [5.74, 6) is -0.375. The highest BCUT2D eigenvalue weighted by Gasteiger charge is 2.31. The Hall–Kier alpha value is -0.960. The molecule has 21 heavy (non-hydrogen) atoms. The predicted octanol–water partition coefficient (Wildman–Crippen LogP) is 1.33. The Labute approximate surface area is 128 Å². The van der Waals surface area contributed by atoms with E-state index >= 15 is 0 Å². The van der Waals surface area contributed by atoms with Gasteiger partial charge in [-0.05, 0) is 30.2 Å². The average Bonchev–Trinajstić information content (AvgIpc) is 3.14. The maximum Gasteiger partial charge on any atom is 0.349 e. The molecule has 1 saturated carbocycles. The summed E-state index contributed by atoms with van der Waals surface area (Å²) in [4.78, 5) is 11.7. The van der Waals surface area contributed by atoms with Crippen molar-refractivity contribution in [2.45, 2.75) is 36.6 Å². The highest BCUT2D eigenvalue weighted by Crippen LogP contribution is 2.29. The Kier molecular flexibility index (Phi) is 5.37. The molecular formula is C13H20N2O4S2. The van der Waals surface area contributed by atoms with Crippen LogP contribution < -0.4 is 10.5 Å². The number of nitrogens with one attached hydrogen (secondary N) is 1. The molecule has 1 aromatic heterocycles. The largest absolute Gasteiger partial charge is 0.465 e. The molecule has 1 fully saturated rings. The summed E-state index contributed by atoms with van der Waals surface area (Å²) in [6, 6.07) is 1.13. The topological polar surface area (TPSA) is 98.5 Å². The van der Waals surface area contributed by atoms with Gasteiger partial charge in [-0.1, -0.05) is 12.8 Å². The van der Waals surface area contributed by atoms with E-state index in [2.05, 4.69) is 9.46 Å². The molecule has 0 amide bonds. The van der Waals surface area contributed by atoms with Gasteiger partial charge in [-0.15, -0.1) is 11.3 Å². The highest BCUT2D eigenvalue weighted by molar-refractivity contribution is 7.89. The third kappa shape index (κ3) is 3.63. The maximum atomic E-state index is 12.5. The number of carbonyl (C=O) groups is 1. The van der Waals surface area contributed by atoms with Gasteiger partial charge in [0.2, 0.25) is 10.0 Å². The number of thiophene rings is 1. The van der Waals surface area contributed by atoms with Crippen molar-refractivity contribution in [2.24, 2.45) is 11.7 Å². The third-order valence-corrected chi connectivity index (χ3v) is 6.37. The molecule has 2 rings (SSSR count). The standard InChI is InChI=1S/C13H20N2O4S2/c1-19-13(16)12-11(6-7-20-12)21(17,18)15-10(8-14)9-4-2-3-5-9/h6-7,9-10,15H,2-5,8,14H2,1H3. The lowest BCUT2D eigenvalue weighted by molar-refractivity contribution is 0.0602. The van der Waals surface area contributed by atoms with E-state index in [1.165, 1.54) is 13.2 Å². The Bertz CT molecular complexity index is 591. The summed E-state index contributed by atoms with van der Waals surface area (Å²) in [6.45, 7) is 0.252. The van der Waals surface area contributed by atoms with E-state index in [1.807, 2.05) is 0 Å². The molecule has 0 aliphatic heterocycles. The van der Waals surface area contributed by atoms with E-state index in [0.29, 0.717) is 0 Å². The zero-order chi connectivity index (χ0) is 15.5. The smallest absolute Gasteiger partial charge is 0.349 e. The molecule has 1 atom stereocenters. The molecule has 3 N–H and O–H groups in total. The van der Waals surface area contributed by atoms with Crippen LogP contribution in [0.25, 0.3) is 0 Å². The number of methoxy groups -OCH3 is 1. The number of hydrogen-bond acceptors (Lipinski definition) is 6. The first kappa shape index (κ1) is 16.4. The van der Waals surface area contributed by atoms with E-state index < -0.39 is 16.0 Å². The van der Waals surface area contributed by atoms with E-state index in [-0.39, 0.29) is 28.3 Å². The van der Waals surface area contributed by atoms with E-state index in [1.54, 1.807) is 5.38 Å². The van der Waals surface area contributed by atoms with E-state index in [0.717, 1.165) is 37.0 Å². The molecule has 0 bridgehead atoms. The van der Waals surface area contributed by atoms with Crippen molar-refractivity contribution in [1.29, 1.82) is 0 Å². The summed E-state index contributed by atoms with van der Waals surface area (Å²) in [5.41, 5.74) is 5.72. The third-order valence-electron chi connectivity index (χ3n) is 3.82. The molecular weight excluding hydrogens is 312 g/mol. The fourth-order valence-corrected chi connectivity index (χ4v) is 5.36. The van der Waals surface area contributed by atoms with Gasteiger partial charge in [0, 0.05) is 12.6 Å². The Morgan fingerprint density at radius 1 is 1.52 bits per heavy atom. The second-order valence-electron chi connectivity index (χ2n) is 5.11. The summed E-state index contributed by atoms with van der Waals surface area (Å²) in [6.07, 6.45) is 4.18. The monoisotopic (exact) mass is 332 g/mol. The van der Waals surface area contributed by atoms with Crippen LogP contribution in [0.3, 0.4) is 0 Å². The van der Waals surface area contributed by atoms with Crippen molar-refractivity contribution >= 4 is 27.3 Å². The number of hydrogen-bond donors (Lipinski definition) is 2. The average molecular weight is 332 g/mol. The van der Waals surface area contributed by atoms with Crippen molar-refractivity contribution in [3.8, 4) is 0 Å². The minimum atomic E-state index is -3.77. The fraction of sp³-hybridized carbons (Fsp3) is 0.615. The van der Waals surface area contributed by atoms with Gasteiger partial charge in [0.1, 0.15) is 9.77 Å². The zero-order valence-electron chi connectivity index (χ0n) is 11.9. The van der Waals surface area contributed by atoms with Gasteiger partial charge in [-0.25, -0.2) is 17.9 Å². The van der Waals surface area contributed by atoms with E-state index in [9.17, 15) is 13.2 Å². The molecule has 1 aliphatic rings. The van der Waals surface area contributed by atoms with Gasteiger partial charge in [0.05, 0.1) is 7.11 Å². The van der Waals surface area contributed by atoms with Crippen molar-refractivity contribution in [3.05, 3.63) is 16.3 Å². The van der Waals surface area contributed by atoms with Crippen LogP contribution in [0, 0.1) is 5.92 Å². The Morgan fingerprint density at radius 3 is 2.76 bits per heavy atom. The van der Waals surface area contributed by atoms with Crippen LogP contribution in [0.5, 0.6) is 0 Å². The fourth-order valence-electron chi connectivity index (χ4n) is 2.71. The number of nitrogens with two attached hydrogens (primary N) is 1. The molecule has 1 heterocycles. The Balaban J connectivity index is 2.21. The predicted molar refractivity (Wildman–Crippen MR) is 80.8 cm³/mol. The summed E-state index contributed by atoms with van der Waals surface area (Å²) >= 11 is 1.05. The van der Waals surface area contributed by atoms with Crippen molar-refractivity contribution in [1.82, 2.24) is 4.72 Å². The van der Waals surface area contributed by atoms with Crippen LogP contribution in [-0.4, -0.2) is 34.1 Å². The minimum Gasteiger partial charge on any atom is -0.465 e. The first-order chi connectivity index (χ1) is 9.99. The molecule has 6 nitrogen and oxygen atoms in total. The zero-order valence-corrected chi connectivity index (χ0v) is 13.5. The molecule has 0 saturated heterocycles. The first-order valence-corrected chi connectivity index (χ1v) is 9.24. The van der Waals surface area contributed by atoms with Crippen LogP contribution in [0.4, 0.5) is 0 Å². The second kappa shape index (κ2) is 6.87. The SMILES string of the molecule is COC(=O)c1sccc1S(=O)(=O)NC(CN)C1CCCC1. The lowest BCUT2D eigenvalue weighted by Crippen LogP contribution is -2.44. The summed E-state index contributed by atoms with van der Waals surface area (Å²) < 4.78 is 32.3.